The number of aryl methyl sites for hydroxylation is 2. The highest BCUT2D eigenvalue weighted by molar-refractivity contribution is 8.00. The Morgan fingerprint density at radius 1 is 1.24 bits per heavy atom. The highest BCUT2D eigenvalue weighted by Crippen LogP contribution is 2.31. The van der Waals surface area contributed by atoms with Crippen molar-refractivity contribution in [3.05, 3.63) is 53.9 Å². The number of carbonyl (C=O) groups excluding carboxylic acids is 1. The Bertz CT molecular complexity index is 907. The number of nitrogens with zero attached hydrogens (tertiary/aromatic N) is 4. The van der Waals surface area contributed by atoms with E-state index in [1.807, 2.05) is 35.8 Å². The zero-order valence-electron chi connectivity index (χ0n) is 14.3. The van der Waals surface area contributed by atoms with Gasteiger partial charge in [-0.25, -0.2) is 0 Å². The Hall–Kier alpha value is -2.67. The van der Waals surface area contributed by atoms with Gasteiger partial charge in [0, 0.05) is 18.0 Å². The van der Waals surface area contributed by atoms with Crippen LogP contribution in [0.3, 0.4) is 0 Å². The summed E-state index contributed by atoms with van der Waals surface area (Å²) in [4.78, 5) is 15.6. The molecule has 0 fully saturated rings. The van der Waals surface area contributed by atoms with Crippen molar-refractivity contribution in [2.75, 3.05) is 0 Å². The van der Waals surface area contributed by atoms with Gasteiger partial charge in [-0.1, -0.05) is 29.5 Å². The lowest BCUT2D eigenvalue weighted by Gasteiger charge is -2.14. The molecule has 0 unspecified atom stereocenters. The normalized spacial score (nSPS) is 12.1. The molecule has 0 aliphatic heterocycles. The number of nitrogens with two attached hydrogens (primary N) is 1. The molecule has 0 saturated carbocycles. The van der Waals surface area contributed by atoms with Crippen molar-refractivity contribution in [2.24, 2.45) is 5.73 Å². The fourth-order valence-corrected chi connectivity index (χ4v) is 3.33. The molecule has 0 spiro atoms. The summed E-state index contributed by atoms with van der Waals surface area (Å²) in [7, 11) is 0. The molecule has 128 valence electrons. The molecular weight excluding hydrogens is 334 g/mol. The van der Waals surface area contributed by atoms with E-state index < -0.39 is 5.25 Å². The molecule has 0 aliphatic carbocycles. The summed E-state index contributed by atoms with van der Waals surface area (Å²) in [6, 6.07) is 9.97. The molecule has 2 aromatic heterocycles. The molecule has 25 heavy (non-hydrogen) atoms. The maximum atomic E-state index is 11.5. The Labute approximate surface area is 150 Å². The number of hydrogen-bond donors (Lipinski definition) is 1. The third-order valence-corrected chi connectivity index (χ3v) is 4.89. The van der Waals surface area contributed by atoms with Gasteiger partial charge >= 0.3 is 0 Å². The first-order valence-electron chi connectivity index (χ1n) is 7.87. The highest BCUT2D eigenvalue weighted by atomic mass is 32.2. The standard InChI is InChI=1S/C18H19N5OS/c1-11-6-7-15(12(2)9-11)23-17(14-5-4-8-20-10-14)21-22-18(23)25-13(3)16(19)24/h4-10,13H,1-3H3,(H2,19,24)/t13-/m0/s1. The van der Waals surface area contributed by atoms with Gasteiger partial charge in [0.15, 0.2) is 11.0 Å². The smallest absolute Gasteiger partial charge is 0.230 e. The van der Waals surface area contributed by atoms with E-state index in [1.54, 1.807) is 19.3 Å². The molecule has 6 nitrogen and oxygen atoms in total. The Morgan fingerprint density at radius 3 is 2.68 bits per heavy atom. The molecule has 7 heteroatoms. The van der Waals surface area contributed by atoms with Crippen LogP contribution in [0.1, 0.15) is 18.1 Å². The molecule has 1 amide bonds. The summed E-state index contributed by atoms with van der Waals surface area (Å²) >= 11 is 1.30. The topological polar surface area (TPSA) is 86.7 Å². The molecule has 2 heterocycles. The van der Waals surface area contributed by atoms with Gasteiger partial charge in [-0.05, 0) is 44.5 Å². The van der Waals surface area contributed by atoms with E-state index in [0.717, 1.165) is 16.8 Å². The minimum absolute atomic E-state index is 0.386. The van der Waals surface area contributed by atoms with Crippen LogP contribution < -0.4 is 5.73 Å². The Kier molecular flexibility index (Phi) is 4.85. The SMILES string of the molecule is Cc1ccc(-n2c(S[C@@H](C)C(N)=O)nnc2-c2cccnc2)c(C)c1. The first kappa shape index (κ1) is 17.2. The van der Waals surface area contributed by atoms with Gasteiger partial charge in [-0.15, -0.1) is 10.2 Å². The second kappa shape index (κ2) is 7.06. The molecule has 1 atom stereocenters. The summed E-state index contributed by atoms with van der Waals surface area (Å²) in [6.07, 6.45) is 3.46. The predicted molar refractivity (Wildman–Crippen MR) is 98.6 cm³/mol. The second-order valence-corrected chi connectivity index (χ2v) is 7.14. The second-order valence-electron chi connectivity index (χ2n) is 5.84. The molecule has 1 aromatic carbocycles. The summed E-state index contributed by atoms with van der Waals surface area (Å²) in [5.74, 6) is 0.294. The number of rotatable bonds is 5. The van der Waals surface area contributed by atoms with Crippen LogP contribution in [0.4, 0.5) is 0 Å². The zero-order chi connectivity index (χ0) is 18.0. The number of benzene rings is 1. The van der Waals surface area contributed by atoms with Crippen molar-refractivity contribution in [3.63, 3.8) is 0 Å². The molecule has 0 radical (unpaired) electrons. The van der Waals surface area contributed by atoms with E-state index >= 15 is 0 Å². The Morgan fingerprint density at radius 2 is 2.04 bits per heavy atom. The maximum absolute atomic E-state index is 11.5. The fourth-order valence-electron chi connectivity index (χ4n) is 2.52. The number of carbonyl (C=O) groups is 1. The van der Waals surface area contributed by atoms with Crippen molar-refractivity contribution in [2.45, 2.75) is 31.2 Å². The number of amides is 1. The average Bonchev–Trinajstić information content (AvgIpc) is 2.99. The van der Waals surface area contributed by atoms with Gasteiger partial charge in [-0.3, -0.25) is 14.3 Å². The number of aromatic nitrogens is 4. The van der Waals surface area contributed by atoms with Crippen LogP contribution in [0, 0.1) is 13.8 Å². The van der Waals surface area contributed by atoms with Gasteiger partial charge in [0.1, 0.15) is 0 Å². The van der Waals surface area contributed by atoms with Gasteiger partial charge in [0.05, 0.1) is 10.9 Å². The van der Waals surface area contributed by atoms with Crippen molar-refractivity contribution in [1.29, 1.82) is 0 Å². The van der Waals surface area contributed by atoms with Gasteiger partial charge in [-0.2, -0.15) is 0 Å². The fraction of sp³-hybridized carbons (Fsp3) is 0.222. The van der Waals surface area contributed by atoms with Gasteiger partial charge < -0.3 is 5.73 Å². The summed E-state index contributed by atoms with van der Waals surface area (Å²) in [5.41, 5.74) is 9.51. The van der Waals surface area contributed by atoms with Gasteiger partial charge in [0.2, 0.25) is 5.91 Å². The lowest BCUT2D eigenvalue weighted by molar-refractivity contribution is -0.117. The molecule has 3 rings (SSSR count). The van der Waals surface area contributed by atoms with E-state index in [9.17, 15) is 4.79 Å². The number of pyridine rings is 1. The van der Waals surface area contributed by atoms with Crippen LogP contribution in [0.25, 0.3) is 17.1 Å². The maximum Gasteiger partial charge on any atom is 0.230 e. The minimum Gasteiger partial charge on any atom is -0.369 e. The van der Waals surface area contributed by atoms with Crippen LogP contribution in [-0.4, -0.2) is 30.9 Å². The van der Waals surface area contributed by atoms with E-state index in [0.29, 0.717) is 11.0 Å². The van der Waals surface area contributed by atoms with E-state index in [4.69, 9.17) is 5.73 Å². The third-order valence-electron chi connectivity index (χ3n) is 3.83. The van der Waals surface area contributed by atoms with Crippen LogP contribution >= 0.6 is 11.8 Å². The molecular formula is C18H19N5OS. The van der Waals surface area contributed by atoms with Crippen molar-refractivity contribution in [1.82, 2.24) is 19.7 Å². The van der Waals surface area contributed by atoms with Crippen molar-refractivity contribution in [3.8, 4) is 17.1 Å². The lowest BCUT2D eigenvalue weighted by Crippen LogP contribution is -2.23. The van der Waals surface area contributed by atoms with Crippen LogP contribution in [0.2, 0.25) is 0 Å². The van der Waals surface area contributed by atoms with E-state index in [2.05, 4.69) is 28.2 Å². The van der Waals surface area contributed by atoms with Crippen LogP contribution in [-0.2, 0) is 4.79 Å². The van der Waals surface area contributed by atoms with Crippen molar-refractivity contribution >= 4 is 17.7 Å². The first-order valence-corrected chi connectivity index (χ1v) is 8.74. The monoisotopic (exact) mass is 353 g/mol. The zero-order valence-corrected chi connectivity index (χ0v) is 15.1. The molecule has 0 bridgehead atoms. The number of hydrogen-bond acceptors (Lipinski definition) is 5. The van der Waals surface area contributed by atoms with Crippen LogP contribution in [0.5, 0.6) is 0 Å². The largest absolute Gasteiger partial charge is 0.369 e. The summed E-state index contributed by atoms with van der Waals surface area (Å²) in [6.45, 7) is 5.86. The summed E-state index contributed by atoms with van der Waals surface area (Å²) in [5, 5.41) is 8.85. The van der Waals surface area contributed by atoms with E-state index in [1.165, 1.54) is 17.3 Å². The Balaban J connectivity index is 2.17. The molecule has 0 aliphatic rings. The quantitative estimate of drug-likeness (QED) is 0.713. The molecule has 3 aromatic rings. The predicted octanol–water partition coefficient (Wildman–Crippen LogP) is 2.91. The van der Waals surface area contributed by atoms with Crippen molar-refractivity contribution < 1.29 is 4.79 Å². The highest BCUT2D eigenvalue weighted by Gasteiger charge is 2.21. The number of primary amides is 1. The van der Waals surface area contributed by atoms with Gasteiger partial charge in [0.25, 0.3) is 0 Å². The summed E-state index contributed by atoms with van der Waals surface area (Å²) < 4.78 is 1.95. The lowest BCUT2D eigenvalue weighted by atomic mass is 10.1. The molecule has 0 saturated heterocycles. The van der Waals surface area contributed by atoms with Crippen LogP contribution in [0.15, 0.2) is 47.9 Å². The average molecular weight is 353 g/mol. The minimum atomic E-state index is -0.407. The first-order chi connectivity index (χ1) is 12.0. The number of thioether (sulfide) groups is 1. The third kappa shape index (κ3) is 3.56. The molecule has 2 N–H and O–H groups in total. The van der Waals surface area contributed by atoms with E-state index in [-0.39, 0.29) is 5.91 Å².